The molecule has 0 aliphatic heterocycles. The van der Waals surface area contributed by atoms with Crippen LogP contribution in [0, 0.1) is 0 Å². The summed E-state index contributed by atoms with van der Waals surface area (Å²) in [4.78, 5) is 7.34. The number of halogens is 3. The lowest BCUT2D eigenvalue weighted by Gasteiger charge is -2.16. The van der Waals surface area contributed by atoms with Gasteiger partial charge in [0.2, 0.25) is 0 Å². The third-order valence-corrected chi connectivity index (χ3v) is 3.52. The number of thiazole rings is 1. The molecule has 1 rings (SSSR count). The molecule has 3 nitrogen and oxygen atoms in total. The van der Waals surface area contributed by atoms with Gasteiger partial charge in [-0.25, -0.2) is 4.98 Å². The molecule has 0 aliphatic carbocycles. The first-order chi connectivity index (χ1) is 8.46. The van der Waals surface area contributed by atoms with Crippen LogP contribution in [0.2, 0.25) is 0 Å². The highest BCUT2D eigenvalue weighted by Gasteiger charge is 2.25. The maximum atomic E-state index is 11.9. The highest BCUT2D eigenvalue weighted by atomic mass is 32.1. The van der Waals surface area contributed by atoms with Crippen molar-refractivity contribution in [1.29, 1.82) is 0 Å². The highest BCUT2D eigenvalue weighted by molar-refractivity contribution is 7.15. The van der Waals surface area contributed by atoms with E-state index in [1.807, 2.05) is 13.8 Å². The predicted molar refractivity (Wildman–Crippen MR) is 68.1 cm³/mol. The summed E-state index contributed by atoms with van der Waals surface area (Å²) >= 11 is 1.52. The minimum atomic E-state index is -4.09. The van der Waals surface area contributed by atoms with E-state index in [0.29, 0.717) is 6.54 Å². The molecule has 1 N–H and O–H groups in total. The lowest BCUT2D eigenvalue weighted by Crippen LogP contribution is -2.21. The molecule has 0 bridgehead atoms. The topological polar surface area (TPSA) is 28.2 Å². The van der Waals surface area contributed by atoms with Crippen LogP contribution in [0.15, 0.2) is 6.20 Å². The van der Waals surface area contributed by atoms with Crippen LogP contribution in [0.25, 0.3) is 0 Å². The van der Waals surface area contributed by atoms with E-state index in [9.17, 15) is 13.2 Å². The van der Waals surface area contributed by atoms with Crippen LogP contribution < -0.4 is 10.2 Å². The molecule has 0 unspecified atom stereocenters. The van der Waals surface area contributed by atoms with Gasteiger partial charge in [-0.1, -0.05) is 0 Å². The van der Waals surface area contributed by atoms with Crippen molar-refractivity contribution in [3.05, 3.63) is 11.1 Å². The second kappa shape index (κ2) is 6.94. The van der Waals surface area contributed by atoms with Gasteiger partial charge in [-0.05, 0) is 13.8 Å². The minimum Gasteiger partial charge on any atom is -0.349 e. The van der Waals surface area contributed by atoms with Crippen molar-refractivity contribution < 1.29 is 13.2 Å². The second-order valence-electron chi connectivity index (χ2n) is 3.82. The van der Waals surface area contributed by atoms with Gasteiger partial charge in [0.05, 0.1) is 6.42 Å². The van der Waals surface area contributed by atoms with E-state index >= 15 is 0 Å². The summed E-state index contributed by atoms with van der Waals surface area (Å²) in [6.07, 6.45) is -3.17. The average Bonchev–Trinajstić information content (AvgIpc) is 2.74. The maximum Gasteiger partial charge on any atom is 0.390 e. The predicted octanol–water partition coefficient (Wildman–Crippen LogP) is 3.03. The molecule has 0 fully saturated rings. The Morgan fingerprint density at radius 3 is 2.56 bits per heavy atom. The summed E-state index contributed by atoms with van der Waals surface area (Å²) in [6.45, 7) is 6.24. The summed E-state index contributed by atoms with van der Waals surface area (Å²) < 4.78 is 35.8. The van der Waals surface area contributed by atoms with Crippen molar-refractivity contribution in [3.8, 4) is 0 Å². The Balaban J connectivity index is 2.35. The molecule has 0 spiro atoms. The van der Waals surface area contributed by atoms with E-state index in [4.69, 9.17) is 0 Å². The molecule has 0 saturated carbocycles. The van der Waals surface area contributed by atoms with E-state index in [1.54, 1.807) is 6.20 Å². The summed E-state index contributed by atoms with van der Waals surface area (Å²) in [6, 6.07) is 0. The Labute approximate surface area is 109 Å². The largest absolute Gasteiger partial charge is 0.390 e. The molecule has 0 saturated heterocycles. The van der Waals surface area contributed by atoms with Crippen molar-refractivity contribution in [1.82, 2.24) is 10.3 Å². The molecule has 1 heterocycles. The van der Waals surface area contributed by atoms with Gasteiger partial charge in [0.15, 0.2) is 5.13 Å². The Bertz CT molecular complexity index is 348. The second-order valence-corrected chi connectivity index (χ2v) is 4.92. The molecule has 0 atom stereocenters. The van der Waals surface area contributed by atoms with Gasteiger partial charge in [0, 0.05) is 37.3 Å². The Hall–Kier alpha value is -0.820. The smallest absolute Gasteiger partial charge is 0.349 e. The number of nitrogens with zero attached hydrogens (tertiary/aromatic N) is 2. The van der Waals surface area contributed by atoms with Crippen molar-refractivity contribution in [2.75, 3.05) is 24.5 Å². The number of alkyl halides is 3. The van der Waals surface area contributed by atoms with Crippen LogP contribution in [-0.4, -0.2) is 30.8 Å². The number of hydrogen-bond donors (Lipinski definition) is 1. The number of anilines is 1. The standard InChI is InChI=1S/C11H18F3N3S/c1-3-17(4-2)10-16-8-9(18-10)7-15-6-5-11(12,13)14/h8,15H,3-7H2,1-2H3. The molecule has 1 aromatic rings. The quantitative estimate of drug-likeness (QED) is 0.779. The Kier molecular flexibility index (Phi) is 5.87. The van der Waals surface area contributed by atoms with Gasteiger partial charge >= 0.3 is 6.18 Å². The summed E-state index contributed by atoms with van der Waals surface area (Å²) in [7, 11) is 0. The fourth-order valence-corrected chi connectivity index (χ4v) is 2.47. The Morgan fingerprint density at radius 2 is 2.00 bits per heavy atom. The fraction of sp³-hybridized carbons (Fsp3) is 0.727. The molecule has 0 aliphatic rings. The molecule has 1 aromatic heterocycles. The van der Waals surface area contributed by atoms with Crippen LogP contribution in [-0.2, 0) is 6.54 Å². The zero-order valence-electron chi connectivity index (χ0n) is 10.5. The number of hydrogen-bond acceptors (Lipinski definition) is 4. The Morgan fingerprint density at radius 1 is 1.33 bits per heavy atom. The van der Waals surface area contributed by atoms with Crippen molar-refractivity contribution in [3.63, 3.8) is 0 Å². The van der Waals surface area contributed by atoms with Gasteiger partial charge in [-0.3, -0.25) is 0 Å². The zero-order valence-corrected chi connectivity index (χ0v) is 11.4. The van der Waals surface area contributed by atoms with Crippen molar-refractivity contribution >= 4 is 16.5 Å². The molecular weight excluding hydrogens is 263 g/mol. The monoisotopic (exact) mass is 281 g/mol. The zero-order chi connectivity index (χ0) is 13.6. The van der Waals surface area contributed by atoms with Gasteiger partial charge in [0.1, 0.15) is 0 Å². The van der Waals surface area contributed by atoms with Crippen LogP contribution in [0.5, 0.6) is 0 Å². The molecule has 0 radical (unpaired) electrons. The van der Waals surface area contributed by atoms with Crippen LogP contribution >= 0.6 is 11.3 Å². The summed E-state index contributed by atoms with van der Waals surface area (Å²) in [5, 5.41) is 3.70. The maximum absolute atomic E-state index is 11.9. The molecule has 0 amide bonds. The average molecular weight is 281 g/mol. The van der Waals surface area contributed by atoms with E-state index in [1.165, 1.54) is 11.3 Å². The van der Waals surface area contributed by atoms with Crippen LogP contribution in [0.1, 0.15) is 25.1 Å². The van der Waals surface area contributed by atoms with Crippen molar-refractivity contribution in [2.24, 2.45) is 0 Å². The summed E-state index contributed by atoms with van der Waals surface area (Å²) in [5.74, 6) is 0. The van der Waals surface area contributed by atoms with Gasteiger partial charge in [-0.2, -0.15) is 13.2 Å². The molecule has 7 heteroatoms. The number of aromatic nitrogens is 1. The normalized spacial score (nSPS) is 11.8. The van der Waals surface area contributed by atoms with Gasteiger partial charge in [-0.15, -0.1) is 11.3 Å². The van der Waals surface area contributed by atoms with Crippen molar-refractivity contribution in [2.45, 2.75) is 33.0 Å². The minimum absolute atomic E-state index is 0.0536. The molecular formula is C11H18F3N3S. The SMILES string of the molecule is CCN(CC)c1ncc(CNCCC(F)(F)F)s1. The first kappa shape index (κ1) is 15.2. The lowest BCUT2D eigenvalue weighted by molar-refractivity contribution is -0.133. The van der Waals surface area contributed by atoms with E-state index in [-0.39, 0.29) is 6.54 Å². The van der Waals surface area contributed by atoms with E-state index < -0.39 is 12.6 Å². The molecule has 104 valence electrons. The third-order valence-electron chi connectivity index (χ3n) is 2.46. The van der Waals surface area contributed by atoms with Crippen LogP contribution in [0.4, 0.5) is 18.3 Å². The van der Waals surface area contributed by atoms with Crippen LogP contribution in [0.3, 0.4) is 0 Å². The fourth-order valence-electron chi connectivity index (χ4n) is 1.46. The van der Waals surface area contributed by atoms with Gasteiger partial charge in [0.25, 0.3) is 0 Å². The first-order valence-electron chi connectivity index (χ1n) is 5.93. The molecule has 0 aromatic carbocycles. The van der Waals surface area contributed by atoms with E-state index in [2.05, 4.69) is 15.2 Å². The summed E-state index contributed by atoms with van der Waals surface area (Å²) in [5.41, 5.74) is 0. The lowest BCUT2D eigenvalue weighted by atomic mass is 10.4. The number of nitrogens with one attached hydrogen (secondary N) is 1. The number of rotatable bonds is 7. The third kappa shape index (κ3) is 5.22. The highest BCUT2D eigenvalue weighted by Crippen LogP contribution is 2.22. The molecule has 18 heavy (non-hydrogen) atoms. The van der Waals surface area contributed by atoms with E-state index in [0.717, 1.165) is 23.1 Å². The first-order valence-corrected chi connectivity index (χ1v) is 6.75. The van der Waals surface area contributed by atoms with Gasteiger partial charge < -0.3 is 10.2 Å².